The van der Waals surface area contributed by atoms with E-state index in [0.717, 1.165) is 16.7 Å². The molecule has 0 atom stereocenters. The molecule has 3 aromatic carbocycles. The minimum Gasteiger partial charge on any atom is -0.449 e. The third kappa shape index (κ3) is 3.89. The molecule has 6 heteroatoms. The highest BCUT2D eigenvalue weighted by atomic mass is 16.5. The van der Waals surface area contributed by atoms with Crippen molar-refractivity contribution in [2.45, 2.75) is 26.3 Å². The summed E-state index contributed by atoms with van der Waals surface area (Å²) in [6, 6.07) is 18.0. The molecule has 3 N–H and O–H groups in total. The Kier molecular flexibility index (Phi) is 6.05. The molecule has 3 aromatic rings. The van der Waals surface area contributed by atoms with Gasteiger partial charge in [0.15, 0.2) is 0 Å². The number of rotatable bonds is 5. The van der Waals surface area contributed by atoms with E-state index in [2.05, 4.69) is 35.5 Å². The molecule has 0 heterocycles. The van der Waals surface area contributed by atoms with Crippen LogP contribution < -0.4 is 10.8 Å². The average Bonchev–Trinajstić information content (AvgIpc) is 3.11. The van der Waals surface area contributed by atoms with Crippen molar-refractivity contribution in [3.63, 3.8) is 0 Å². The molecule has 32 heavy (non-hydrogen) atoms. The highest BCUT2D eigenvalue weighted by molar-refractivity contribution is 6.59. The van der Waals surface area contributed by atoms with E-state index in [0.29, 0.717) is 22.2 Å². The number of nitrogens with one attached hydrogen (secondary N) is 1. The van der Waals surface area contributed by atoms with Crippen LogP contribution in [0, 0.1) is 26.2 Å². The number of alkyl carbamates (subject to hydrolysis) is 1. The van der Waals surface area contributed by atoms with E-state index in [-0.39, 0.29) is 19.1 Å². The van der Waals surface area contributed by atoms with Gasteiger partial charge in [0.2, 0.25) is 0 Å². The number of hydrogen-bond acceptors (Lipinski definition) is 4. The van der Waals surface area contributed by atoms with Gasteiger partial charge in [-0.2, -0.15) is 0 Å². The molecule has 0 bridgehead atoms. The summed E-state index contributed by atoms with van der Waals surface area (Å²) in [6.45, 7) is 3.99. The van der Waals surface area contributed by atoms with E-state index < -0.39 is 13.2 Å². The van der Waals surface area contributed by atoms with Gasteiger partial charge in [-0.3, -0.25) is 0 Å². The lowest BCUT2D eigenvalue weighted by atomic mass is 9.74. The molecule has 0 unspecified atom stereocenters. The fourth-order valence-electron chi connectivity index (χ4n) is 4.48. The van der Waals surface area contributed by atoms with Crippen LogP contribution in [-0.4, -0.2) is 29.9 Å². The third-order valence-corrected chi connectivity index (χ3v) is 6.18. The minimum absolute atomic E-state index is 0.0153. The summed E-state index contributed by atoms with van der Waals surface area (Å²) in [7, 11) is -1.64. The van der Waals surface area contributed by atoms with Crippen molar-refractivity contribution in [3.05, 3.63) is 88.0 Å². The molecule has 0 aliphatic heterocycles. The van der Waals surface area contributed by atoms with E-state index in [1.165, 1.54) is 11.1 Å². The normalized spacial score (nSPS) is 12.0. The molecule has 1 amide bonds. The monoisotopic (exact) mass is 425 g/mol. The second kappa shape index (κ2) is 8.92. The van der Waals surface area contributed by atoms with E-state index in [9.17, 15) is 14.8 Å². The number of amides is 1. The first-order valence-electron chi connectivity index (χ1n) is 10.5. The van der Waals surface area contributed by atoms with Gasteiger partial charge in [-0.15, -0.1) is 6.42 Å². The maximum Gasteiger partial charge on any atom is 0.488 e. The van der Waals surface area contributed by atoms with Crippen LogP contribution in [0.25, 0.3) is 11.1 Å². The number of benzene rings is 3. The Labute approximate surface area is 188 Å². The Morgan fingerprint density at radius 1 is 1.06 bits per heavy atom. The summed E-state index contributed by atoms with van der Waals surface area (Å²) in [6.07, 6.45) is 5.07. The molecule has 1 aliphatic rings. The smallest absolute Gasteiger partial charge is 0.449 e. The van der Waals surface area contributed by atoms with Gasteiger partial charge >= 0.3 is 13.2 Å². The zero-order valence-electron chi connectivity index (χ0n) is 18.1. The SMILES string of the molecule is C#Cc1c(C)c(CNC(=O)OCC2c3ccccc3-c3ccccc32)cc(B(O)O)c1C. The van der Waals surface area contributed by atoms with Crippen molar-refractivity contribution < 1.29 is 19.6 Å². The standard InChI is InChI=1S/C26H24BNO4/c1-4-19-16(2)18(13-25(17(19)3)27(30)31)14-28-26(29)32-15-24-22-11-7-5-9-20(22)21-10-6-8-12-23(21)24/h1,5-13,24,30-31H,14-15H2,2-3H3,(H,28,29). The second-order valence-electron chi connectivity index (χ2n) is 7.95. The molecule has 0 fully saturated rings. The number of fused-ring (bicyclic) bond motifs is 3. The lowest BCUT2D eigenvalue weighted by Gasteiger charge is -2.17. The topological polar surface area (TPSA) is 78.8 Å². The van der Waals surface area contributed by atoms with Gasteiger partial charge in [0.25, 0.3) is 0 Å². The number of carbonyl (C=O) groups excluding carboxylic acids is 1. The molecule has 0 aromatic heterocycles. The predicted molar refractivity (Wildman–Crippen MR) is 126 cm³/mol. The largest absolute Gasteiger partial charge is 0.488 e. The molecular formula is C26H24BNO4. The van der Waals surface area contributed by atoms with Gasteiger partial charge in [-0.05, 0) is 58.3 Å². The zero-order chi connectivity index (χ0) is 22.8. The van der Waals surface area contributed by atoms with Gasteiger partial charge in [0.1, 0.15) is 6.61 Å². The van der Waals surface area contributed by atoms with Crippen molar-refractivity contribution >= 4 is 18.7 Å². The molecule has 5 nitrogen and oxygen atoms in total. The van der Waals surface area contributed by atoms with Crippen molar-refractivity contribution in [2.24, 2.45) is 0 Å². The maximum atomic E-state index is 12.5. The van der Waals surface area contributed by atoms with Crippen LogP contribution in [-0.2, 0) is 11.3 Å². The average molecular weight is 425 g/mol. The van der Waals surface area contributed by atoms with Gasteiger partial charge in [-0.25, -0.2) is 4.79 Å². The summed E-state index contributed by atoms with van der Waals surface area (Å²) in [4.78, 5) is 12.5. The minimum atomic E-state index is -1.64. The number of carbonyl (C=O) groups is 1. The Hall–Kier alpha value is -3.53. The molecule has 1 aliphatic carbocycles. The van der Waals surface area contributed by atoms with E-state index in [1.807, 2.05) is 31.2 Å². The van der Waals surface area contributed by atoms with Gasteiger partial charge in [0, 0.05) is 18.0 Å². The van der Waals surface area contributed by atoms with E-state index >= 15 is 0 Å². The maximum absolute atomic E-state index is 12.5. The second-order valence-corrected chi connectivity index (χ2v) is 7.95. The van der Waals surface area contributed by atoms with Crippen LogP contribution in [0.4, 0.5) is 4.79 Å². The van der Waals surface area contributed by atoms with Crippen LogP contribution in [0.15, 0.2) is 54.6 Å². The van der Waals surface area contributed by atoms with Crippen molar-refractivity contribution in [1.82, 2.24) is 5.32 Å². The Balaban J connectivity index is 1.46. The molecule has 0 saturated carbocycles. The van der Waals surface area contributed by atoms with E-state index in [4.69, 9.17) is 11.2 Å². The molecule has 160 valence electrons. The van der Waals surface area contributed by atoms with Crippen molar-refractivity contribution in [2.75, 3.05) is 6.61 Å². The predicted octanol–water partition coefficient (Wildman–Crippen LogP) is 3.00. The number of hydrogen-bond donors (Lipinski definition) is 3. The van der Waals surface area contributed by atoms with Gasteiger partial charge in [0.05, 0.1) is 0 Å². The Morgan fingerprint density at radius 3 is 2.22 bits per heavy atom. The number of terminal acetylenes is 1. The first-order chi connectivity index (χ1) is 15.4. The van der Waals surface area contributed by atoms with Gasteiger partial charge < -0.3 is 20.1 Å². The summed E-state index contributed by atoms with van der Waals surface area (Å²) in [5.74, 6) is 2.59. The lowest BCUT2D eigenvalue weighted by Crippen LogP contribution is -2.34. The number of ether oxygens (including phenoxy) is 1. The van der Waals surface area contributed by atoms with Crippen molar-refractivity contribution in [3.8, 4) is 23.5 Å². The van der Waals surface area contributed by atoms with E-state index in [1.54, 1.807) is 13.0 Å². The van der Waals surface area contributed by atoms with Crippen LogP contribution in [0.3, 0.4) is 0 Å². The van der Waals surface area contributed by atoms with Crippen LogP contribution in [0.2, 0.25) is 0 Å². The van der Waals surface area contributed by atoms with Crippen LogP contribution in [0.5, 0.6) is 0 Å². The highest BCUT2D eigenvalue weighted by Crippen LogP contribution is 2.44. The summed E-state index contributed by atoms with van der Waals surface area (Å²) >= 11 is 0. The molecule has 0 radical (unpaired) electrons. The molecule has 0 saturated heterocycles. The summed E-state index contributed by atoms with van der Waals surface area (Å²) in [5.41, 5.74) is 7.73. The summed E-state index contributed by atoms with van der Waals surface area (Å²) < 4.78 is 5.57. The Bertz CT molecular complexity index is 1180. The van der Waals surface area contributed by atoms with Crippen molar-refractivity contribution in [1.29, 1.82) is 0 Å². The lowest BCUT2D eigenvalue weighted by molar-refractivity contribution is 0.142. The fraction of sp³-hybridized carbons (Fsp3) is 0.192. The first-order valence-corrected chi connectivity index (χ1v) is 10.5. The fourth-order valence-corrected chi connectivity index (χ4v) is 4.48. The summed E-state index contributed by atoms with van der Waals surface area (Å²) in [5, 5.41) is 22.1. The highest BCUT2D eigenvalue weighted by Gasteiger charge is 2.29. The first kappa shape index (κ1) is 21.7. The molecule has 0 spiro atoms. The molecular weight excluding hydrogens is 401 g/mol. The van der Waals surface area contributed by atoms with Crippen LogP contribution in [0.1, 0.15) is 39.3 Å². The zero-order valence-corrected chi connectivity index (χ0v) is 18.1. The Morgan fingerprint density at radius 2 is 1.66 bits per heavy atom. The quantitative estimate of drug-likeness (QED) is 0.434. The van der Waals surface area contributed by atoms with Crippen LogP contribution >= 0.6 is 0 Å². The third-order valence-electron chi connectivity index (χ3n) is 6.18. The molecule has 4 rings (SSSR count). The van der Waals surface area contributed by atoms with Gasteiger partial charge in [-0.1, -0.05) is 60.5 Å².